The number of hydrogen-bond acceptors (Lipinski definition) is 5. The Morgan fingerprint density at radius 1 is 1.28 bits per heavy atom. The molecule has 7 heteroatoms. The second-order valence-corrected chi connectivity index (χ2v) is 5.47. The Morgan fingerprint density at radius 2 is 2.04 bits per heavy atom. The van der Waals surface area contributed by atoms with Gasteiger partial charge in [0.05, 0.1) is 17.2 Å². The van der Waals surface area contributed by atoms with Crippen molar-refractivity contribution in [2.75, 3.05) is 6.61 Å². The lowest BCUT2D eigenvalue weighted by atomic mass is 10.2. The molecule has 0 atom stereocenters. The van der Waals surface area contributed by atoms with Gasteiger partial charge in [0.15, 0.2) is 18.2 Å². The minimum absolute atomic E-state index is 0.00384. The van der Waals surface area contributed by atoms with Crippen LogP contribution in [0.1, 0.15) is 11.4 Å². The van der Waals surface area contributed by atoms with E-state index in [9.17, 15) is 10.4 Å². The van der Waals surface area contributed by atoms with Crippen LogP contribution in [0.4, 0.5) is 0 Å². The largest absolute Gasteiger partial charge is 0.507 e. The van der Waals surface area contributed by atoms with Crippen LogP contribution >= 0.6 is 11.6 Å². The summed E-state index contributed by atoms with van der Waals surface area (Å²) in [7, 11) is 0. The normalized spacial score (nSPS) is 12.2. The molecule has 1 aromatic heterocycles. The van der Waals surface area contributed by atoms with E-state index in [-0.39, 0.29) is 23.8 Å². The van der Waals surface area contributed by atoms with Crippen LogP contribution < -0.4 is 0 Å². The molecule has 0 bridgehead atoms. The summed E-state index contributed by atoms with van der Waals surface area (Å²) in [6.45, 7) is -0.263. The van der Waals surface area contributed by atoms with Gasteiger partial charge >= 0.3 is 0 Å². The van der Waals surface area contributed by atoms with Crippen LogP contribution in [0, 0.1) is 11.3 Å². The summed E-state index contributed by atoms with van der Waals surface area (Å²) in [5.41, 5.74) is 2.17. The van der Waals surface area contributed by atoms with E-state index in [0.29, 0.717) is 16.1 Å². The maximum Gasteiger partial charge on any atom is 0.175 e. The number of aliphatic hydroxyl groups excluding tert-OH is 1. The van der Waals surface area contributed by atoms with E-state index in [4.69, 9.17) is 16.4 Å². The highest BCUT2D eigenvalue weighted by Gasteiger charge is 2.13. The Morgan fingerprint density at radius 3 is 2.80 bits per heavy atom. The first-order chi connectivity index (χ1) is 12.2. The van der Waals surface area contributed by atoms with Gasteiger partial charge in [-0.25, -0.2) is 4.98 Å². The fraction of sp³-hybridized carbons (Fsp3) is 0.0556. The van der Waals surface area contributed by atoms with Crippen LogP contribution in [-0.2, 0) is 4.84 Å². The van der Waals surface area contributed by atoms with E-state index in [0.717, 1.165) is 5.52 Å². The van der Waals surface area contributed by atoms with Crippen LogP contribution in [0.25, 0.3) is 16.6 Å². The molecule has 2 aromatic carbocycles. The first-order valence-corrected chi connectivity index (χ1v) is 7.74. The third kappa shape index (κ3) is 3.79. The molecule has 124 valence electrons. The number of imidazole rings is 1. The van der Waals surface area contributed by atoms with E-state index < -0.39 is 0 Å². The number of oxime groups is 1. The number of nitriles is 1. The summed E-state index contributed by atoms with van der Waals surface area (Å²) in [6, 6.07) is 16.4. The van der Waals surface area contributed by atoms with Gasteiger partial charge < -0.3 is 14.9 Å². The number of aliphatic hydroxyl groups is 1. The van der Waals surface area contributed by atoms with Gasteiger partial charge in [0.1, 0.15) is 11.6 Å². The van der Waals surface area contributed by atoms with Gasteiger partial charge in [0.25, 0.3) is 0 Å². The van der Waals surface area contributed by atoms with Crippen LogP contribution in [0.3, 0.4) is 0 Å². The zero-order valence-corrected chi connectivity index (χ0v) is 13.7. The lowest BCUT2D eigenvalue weighted by Gasteiger charge is -2.01. The van der Waals surface area contributed by atoms with Gasteiger partial charge in [-0.15, -0.1) is 0 Å². The number of fused-ring (bicyclic) bond motifs is 1. The number of nitrogens with zero attached hydrogens (tertiary/aromatic N) is 3. The van der Waals surface area contributed by atoms with Crippen molar-refractivity contribution in [3.05, 3.63) is 70.7 Å². The number of benzene rings is 2. The smallest absolute Gasteiger partial charge is 0.175 e. The summed E-state index contributed by atoms with van der Waals surface area (Å²) >= 11 is 6.00. The summed E-state index contributed by atoms with van der Waals surface area (Å²) in [4.78, 5) is 12.3. The average Bonchev–Trinajstić information content (AvgIpc) is 3.04. The van der Waals surface area contributed by atoms with E-state index in [1.165, 1.54) is 6.21 Å². The number of hydrogen-bond donors (Lipinski definition) is 2. The van der Waals surface area contributed by atoms with E-state index >= 15 is 0 Å². The second-order valence-electron chi connectivity index (χ2n) is 5.07. The Bertz CT molecular complexity index is 968. The molecule has 0 amide bonds. The quantitative estimate of drug-likeness (QED) is 0.313. The highest BCUT2D eigenvalue weighted by molar-refractivity contribution is 6.33. The summed E-state index contributed by atoms with van der Waals surface area (Å²) in [5, 5.41) is 23.7. The topological polar surface area (TPSA) is 94.3 Å². The Kier molecular flexibility index (Phi) is 4.97. The SMILES string of the molecule is N#C/C(=C(\O)CON=Cc1ccccc1Cl)c1nc2ccccc2[nH]1. The van der Waals surface area contributed by atoms with Crippen molar-refractivity contribution < 1.29 is 9.94 Å². The van der Waals surface area contributed by atoms with E-state index in [2.05, 4.69) is 15.1 Å². The predicted molar refractivity (Wildman–Crippen MR) is 96.3 cm³/mol. The maximum absolute atomic E-state index is 10.1. The molecule has 0 aliphatic carbocycles. The zero-order valence-electron chi connectivity index (χ0n) is 13.0. The van der Waals surface area contributed by atoms with Crippen molar-refractivity contribution >= 4 is 34.4 Å². The molecule has 0 aliphatic rings. The molecule has 0 aliphatic heterocycles. The Labute approximate surface area is 148 Å². The van der Waals surface area contributed by atoms with E-state index in [1.807, 2.05) is 42.5 Å². The van der Waals surface area contributed by atoms with Gasteiger partial charge in [-0.1, -0.05) is 47.1 Å². The lowest BCUT2D eigenvalue weighted by molar-refractivity contribution is 0.139. The predicted octanol–water partition coefficient (Wildman–Crippen LogP) is 4.06. The van der Waals surface area contributed by atoms with Crippen molar-refractivity contribution in [2.24, 2.45) is 5.16 Å². The molecule has 25 heavy (non-hydrogen) atoms. The standard InChI is InChI=1S/C18H13ClN4O2/c19-14-6-2-1-5-12(14)10-21-25-11-17(24)13(9-20)18-22-15-7-3-4-8-16(15)23-18/h1-8,10,24H,11H2,(H,22,23)/b17-13+,21-10?. The molecular weight excluding hydrogens is 340 g/mol. The number of aromatic amines is 1. The molecule has 1 heterocycles. The number of halogens is 1. The van der Waals surface area contributed by atoms with Gasteiger partial charge in [-0.2, -0.15) is 5.26 Å². The Hall–Kier alpha value is -3.30. The summed E-state index contributed by atoms with van der Waals surface area (Å²) in [6.07, 6.45) is 1.43. The molecule has 0 fully saturated rings. The summed E-state index contributed by atoms with van der Waals surface area (Å²) < 4.78 is 0. The third-order valence-electron chi connectivity index (χ3n) is 3.40. The van der Waals surface area contributed by atoms with Gasteiger partial charge in [0.2, 0.25) is 0 Å². The van der Waals surface area contributed by atoms with Crippen molar-refractivity contribution in [1.29, 1.82) is 5.26 Å². The van der Waals surface area contributed by atoms with Gasteiger partial charge in [-0.3, -0.25) is 0 Å². The van der Waals surface area contributed by atoms with Crippen molar-refractivity contribution in [3.63, 3.8) is 0 Å². The van der Waals surface area contributed by atoms with Crippen LogP contribution in [0.15, 0.2) is 59.4 Å². The second kappa shape index (κ2) is 7.51. The zero-order chi connectivity index (χ0) is 17.6. The molecule has 0 saturated carbocycles. The number of aromatic nitrogens is 2. The van der Waals surface area contributed by atoms with Crippen molar-refractivity contribution in [1.82, 2.24) is 9.97 Å². The molecule has 2 N–H and O–H groups in total. The van der Waals surface area contributed by atoms with Crippen LogP contribution in [-0.4, -0.2) is 27.9 Å². The first-order valence-electron chi connectivity index (χ1n) is 7.36. The number of H-pyrrole nitrogens is 1. The monoisotopic (exact) mass is 352 g/mol. The Balaban J connectivity index is 1.74. The number of allylic oxidation sites excluding steroid dienone is 1. The first kappa shape index (κ1) is 16.6. The van der Waals surface area contributed by atoms with Crippen molar-refractivity contribution in [3.8, 4) is 6.07 Å². The molecule has 0 radical (unpaired) electrons. The molecular formula is C18H13ClN4O2. The minimum Gasteiger partial charge on any atom is -0.507 e. The molecule has 0 saturated heterocycles. The van der Waals surface area contributed by atoms with Gasteiger partial charge in [0, 0.05) is 10.6 Å². The number of para-hydroxylation sites is 2. The molecule has 3 aromatic rings. The summed E-state index contributed by atoms with van der Waals surface area (Å²) in [5.74, 6) is 0.0118. The van der Waals surface area contributed by atoms with Crippen LogP contribution in [0.2, 0.25) is 5.02 Å². The minimum atomic E-state index is -0.266. The number of rotatable bonds is 5. The number of nitrogens with one attached hydrogen (secondary N) is 1. The van der Waals surface area contributed by atoms with E-state index in [1.54, 1.807) is 12.1 Å². The average molecular weight is 353 g/mol. The fourth-order valence-corrected chi connectivity index (χ4v) is 2.35. The van der Waals surface area contributed by atoms with Gasteiger partial charge in [-0.05, 0) is 18.2 Å². The van der Waals surface area contributed by atoms with Crippen molar-refractivity contribution in [2.45, 2.75) is 0 Å². The molecule has 3 rings (SSSR count). The third-order valence-corrected chi connectivity index (χ3v) is 3.74. The maximum atomic E-state index is 10.1. The highest BCUT2D eigenvalue weighted by atomic mass is 35.5. The molecule has 6 nitrogen and oxygen atoms in total. The fourth-order valence-electron chi connectivity index (χ4n) is 2.17. The molecule has 0 unspecified atom stereocenters. The van der Waals surface area contributed by atoms with Crippen LogP contribution in [0.5, 0.6) is 0 Å². The highest BCUT2D eigenvalue weighted by Crippen LogP contribution is 2.19. The molecule has 0 spiro atoms. The lowest BCUT2D eigenvalue weighted by Crippen LogP contribution is -1.99.